The van der Waals surface area contributed by atoms with Crippen LogP contribution in [0.3, 0.4) is 0 Å². The molecular formula is C12H5B3ClNO2. The Balaban J connectivity index is 2.90. The second-order valence-electron chi connectivity index (χ2n) is 3.90. The number of benzene rings is 2. The Kier molecular flexibility index (Phi) is 3.72. The predicted molar refractivity (Wildman–Crippen MR) is 79.7 cm³/mol. The number of hydrogen-bond donors (Lipinski definition) is 0. The summed E-state index contributed by atoms with van der Waals surface area (Å²) in [4.78, 5) is 10.6. The normalized spacial score (nSPS) is 10.4. The maximum absolute atomic E-state index is 11.2. The lowest BCUT2D eigenvalue weighted by Gasteiger charge is -2.15. The summed E-state index contributed by atoms with van der Waals surface area (Å²) < 4.78 is 0. The van der Waals surface area contributed by atoms with E-state index in [-0.39, 0.29) is 32.7 Å². The van der Waals surface area contributed by atoms with Crippen LogP contribution in [0.5, 0.6) is 0 Å². The third-order valence-corrected chi connectivity index (χ3v) is 3.18. The fraction of sp³-hybridized carbons (Fsp3) is 0. The molecule has 3 nitrogen and oxygen atoms in total. The summed E-state index contributed by atoms with van der Waals surface area (Å²) in [6.07, 6.45) is 0. The Morgan fingerprint density at radius 2 is 1.58 bits per heavy atom. The molecule has 0 spiro atoms. The van der Waals surface area contributed by atoms with E-state index in [1.165, 1.54) is 0 Å². The van der Waals surface area contributed by atoms with Crippen molar-refractivity contribution in [2.75, 3.05) is 0 Å². The summed E-state index contributed by atoms with van der Waals surface area (Å²) >= 11 is 5.96. The second kappa shape index (κ2) is 5.13. The van der Waals surface area contributed by atoms with Gasteiger partial charge >= 0.3 is 0 Å². The molecule has 0 saturated carbocycles. The Morgan fingerprint density at radius 3 is 2.11 bits per heavy atom. The highest BCUT2D eigenvalue weighted by Crippen LogP contribution is 2.27. The van der Waals surface area contributed by atoms with Gasteiger partial charge in [0.05, 0.1) is 10.5 Å². The molecule has 19 heavy (non-hydrogen) atoms. The van der Waals surface area contributed by atoms with Crippen LogP contribution in [-0.4, -0.2) is 28.5 Å². The molecule has 0 heterocycles. The summed E-state index contributed by atoms with van der Waals surface area (Å²) in [6.45, 7) is 0. The first-order valence-electron chi connectivity index (χ1n) is 5.30. The van der Waals surface area contributed by atoms with Gasteiger partial charge in [0.2, 0.25) is 0 Å². The molecule has 2 aromatic carbocycles. The number of halogens is 1. The molecule has 0 aromatic heterocycles. The van der Waals surface area contributed by atoms with Crippen LogP contribution in [0.2, 0.25) is 5.02 Å². The standard InChI is InChI=1S/C12H5B3ClNO2/c13-8-7(6-4-2-1-3-5-6)12(17(18)19)10(15)9(14)11(8)16/h1-5H. The van der Waals surface area contributed by atoms with Crippen LogP contribution in [-0.2, 0) is 0 Å². The highest BCUT2D eigenvalue weighted by molar-refractivity contribution is 6.61. The summed E-state index contributed by atoms with van der Waals surface area (Å²) in [7, 11) is 17.2. The first-order chi connectivity index (χ1) is 8.95. The fourth-order valence-corrected chi connectivity index (χ4v) is 2.05. The summed E-state index contributed by atoms with van der Waals surface area (Å²) in [5, 5.41) is 11.2. The molecule has 0 amide bonds. The van der Waals surface area contributed by atoms with Crippen LogP contribution in [0.1, 0.15) is 0 Å². The molecule has 86 valence electrons. The van der Waals surface area contributed by atoms with Gasteiger partial charge in [-0.15, -0.1) is 0 Å². The van der Waals surface area contributed by atoms with Crippen molar-refractivity contribution >= 4 is 57.2 Å². The lowest BCUT2D eigenvalue weighted by atomic mass is 9.72. The Morgan fingerprint density at radius 1 is 1.00 bits per heavy atom. The van der Waals surface area contributed by atoms with Crippen molar-refractivity contribution in [2.45, 2.75) is 0 Å². The van der Waals surface area contributed by atoms with E-state index < -0.39 is 4.92 Å². The molecule has 0 bridgehead atoms. The van der Waals surface area contributed by atoms with E-state index in [2.05, 4.69) is 0 Å². The van der Waals surface area contributed by atoms with E-state index in [4.69, 9.17) is 35.1 Å². The smallest absolute Gasteiger partial charge is 0.258 e. The van der Waals surface area contributed by atoms with Crippen LogP contribution in [0.15, 0.2) is 30.3 Å². The molecule has 0 aliphatic rings. The van der Waals surface area contributed by atoms with E-state index in [0.717, 1.165) is 0 Å². The molecule has 2 rings (SSSR count). The van der Waals surface area contributed by atoms with Crippen molar-refractivity contribution in [1.82, 2.24) is 0 Å². The van der Waals surface area contributed by atoms with Crippen LogP contribution in [0.25, 0.3) is 11.1 Å². The minimum absolute atomic E-state index is 0.0296. The minimum atomic E-state index is -0.610. The molecule has 0 N–H and O–H groups in total. The minimum Gasteiger partial charge on any atom is -0.258 e. The van der Waals surface area contributed by atoms with Crippen molar-refractivity contribution in [3.05, 3.63) is 45.5 Å². The van der Waals surface area contributed by atoms with E-state index >= 15 is 0 Å². The molecule has 0 saturated heterocycles. The first-order valence-corrected chi connectivity index (χ1v) is 5.68. The van der Waals surface area contributed by atoms with Crippen molar-refractivity contribution < 1.29 is 4.92 Å². The van der Waals surface area contributed by atoms with Gasteiger partial charge in [-0.2, -0.15) is 0 Å². The van der Waals surface area contributed by atoms with Gasteiger partial charge in [0.15, 0.2) is 0 Å². The largest absolute Gasteiger partial charge is 0.269 e. The predicted octanol–water partition coefficient (Wildman–Crippen LogP) is 0.297. The van der Waals surface area contributed by atoms with Gasteiger partial charge < -0.3 is 0 Å². The summed E-state index contributed by atoms with van der Waals surface area (Å²) in [6, 6.07) is 8.63. The zero-order chi connectivity index (χ0) is 14.2. The molecule has 0 aliphatic carbocycles. The molecule has 2 aromatic rings. The molecule has 0 fully saturated rings. The quantitative estimate of drug-likeness (QED) is 0.444. The Hall–Kier alpha value is -1.68. The van der Waals surface area contributed by atoms with Gasteiger partial charge in [-0.25, -0.2) is 0 Å². The zero-order valence-electron chi connectivity index (χ0n) is 9.76. The average molecular weight is 263 g/mol. The molecular weight excluding hydrogens is 258 g/mol. The third-order valence-electron chi connectivity index (χ3n) is 2.77. The lowest BCUT2D eigenvalue weighted by Crippen LogP contribution is -2.35. The number of nitro benzene ring substituents is 1. The molecule has 0 unspecified atom stereocenters. The number of nitro groups is 1. The first kappa shape index (κ1) is 13.7. The maximum Gasteiger partial charge on any atom is 0.269 e. The topological polar surface area (TPSA) is 43.1 Å². The number of rotatable bonds is 2. The SMILES string of the molecule is [B]c1c([B])c([N+](=O)[O-])c(-c2ccccc2)c([B])c1Cl. The van der Waals surface area contributed by atoms with Crippen LogP contribution < -0.4 is 16.4 Å². The molecule has 0 atom stereocenters. The van der Waals surface area contributed by atoms with Crippen LogP contribution >= 0.6 is 11.6 Å². The Bertz CT molecular complexity index is 662. The zero-order valence-corrected chi connectivity index (χ0v) is 10.5. The van der Waals surface area contributed by atoms with Gasteiger partial charge in [-0.05, 0) is 11.0 Å². The molecule has 6 radical (unpaired) electrons. The van der Waals surface area contributed by atoms with E-state index in [1.807, 2.05) is 0 Å². The maximum atomic E-state index is 11.2. The number of hydrogen-bond acceptors (Lipinski definition) is 2. The van der Waals surface area contributed by atoms with Gasteiger partial charge in [-0.3, -0.25) is 10.1 Å². The van der Waals surface area contributed by atoms with E-state index in [9.17, 15) is 10.1 Å². The molecule has 7 heteroatoms. The van der Waals surface area contributed by atoms with Gasteiger partial charge in [0.1, 0.15) is 23.5 Å². The number of nitrogens with zero attached hydrogens (tertiary/aromatic N) is 1. The average Bonchev–Trinajstić information content (AvgIpc) is 2.40. The van der Waals surface area contributed by atoms with E-state index in [1.54, 1.807) is 30.3 Å². The highest BCUT2D eigenvalue weighted by Gasteiger charge is 2.24. The third kappa shape index (κ3) is 2.28. The van der Waals surface area contributed by atoms with Crippen molar-refractivity contribution in [1.29, 1.82) is 0 Å². The van der Waals surface area contributed by atoms with Crippen molar-refractivity contribution in [3.8, 4) is 11.1 Å². The second-order valence-corrected chi connectivity index (χ2v) is 4.28. The van der Waals surface area contributed by atoms with Crippen LogP contribution in [0.4, 0.5) is 5.69 Å². The summed E-state index contributed by atoms with van der Waals surface area (Å²) in [5.74, 6) is 0. The highest BCUT2D eigenvalue weighted by atomic mass is 35.5. The van der Waals surface area contributed by atoms with Gasteiger partial charge in [0.25, 0.3) is 5.69 Å². The fourth-order valence-electron chi connectivity index (χ4n) is 1.85. The van der Waals surface area contributed by atoms with Crippen LogP contribution in [0, 0.1) is 10.1 Å². The Labute approximate surface area is 119 Å². The van der Waals surface area contributed by atoms with Crippen molar-refractivity contribution in [3.63, 3.8) is 0 Å². The van der Waals surface area contributed by atoms with Crippen molar-refractivity contribution in [2.24, 2.45) is 0 Å². The van der Waals surface area contributed by atoms with E-state index in [0.29, 0.717) is 5.56 Å². The summed E-state index contributed by atoms with van der Waals surface area (Å²) in [5.41, 5.74) is 0.202. The lowest BCUT2D eigenvalue weighted by molar-refractivity contribution is -0.382. The monoisotopic (exact) mass is 263 g/mol. The van der Waals surface area contributed by atoms with Gasteiger partial charge in [-0.1, -0.05) is 52.9 Å². The molecule has 0 aliphatic heterocycles. The van der Waals surface area contributed by atoms with Gasteiger partial charge in [0, 0.05) is 5.02 Å².